The van der Waals surface area contributed by atoms with E-state index in [4.69, 9.17) is 11.6 Å². The Morgan fingerprint density at radius 2 is 1.86 bits per heavy atom. The van der Waals surface area contributed by atoms with Crippen LogP contribution in [0, 0.1) is 6.92 Å². The Labute approximate surface area is 130 Å². The molecular formula is C17H19ClN2O. The van der Waals surface area contributed by atoms with Crippen LogP contribution < -0.4 is 10.6 Å². The van der Waals surface area contributed by atoms with Crippen molar-refractivity contribution in [2.24, 2.45) is 0 Å². The van der Waals surface area contributed by atoms with Gasteiger partial charge in [0.15, 0.2) is 0 Å². The van der Waals surface area contributed by atoms with Crippen molar-refractivity contribution in [2.75, 3.05) is 13.1 Å². The topological polar surface area (TPSA) is 41.1 Å². The van der Waals surface area contributed by atoms with Crippen LogP contribution in [0.2, 0.25) is 5.02 Å². The summed E-state index contributed by atoms with van der Waals surface area (Å²) in [6, 6.07) is 15.3. The summed E-state index contributed by atoms with van der Waals surface area (Å²) in [5.41, 5.74) is 2.97. The molecule has 1 amide bonds. The molecule has 3 nitrogen and oxygen atoms in total. The van der Waals surface area contributed by atoms with Crippen molar-refractivity contribution in [3.63, 3.8) is 0 Å². The Hall–Kier alpha value is -1.84. The molecule has 0 spiro atoms. The van der Waals surface area contributed by atoms with Crippen LogP contribution in [-0.4, -0.2) is 19.0 Å². The van der Waals surface area contributed by atoms with E-state index in [1.54, 1.807) is 0 Å². The molecule has 0 aliphatic rings. The number of rotatable bonds is 6. The highest BCUT2D eigenvalue weighted by Crippen LogP contribution is 2.10. The lowest BCUT2D eigenvalue weighted by Crippen LogP contribution is -2.31. The number of halogens is 1. The molecule has 4 heteroatoms. The lowest BCUT2D eigenvalue weighted by atomic mass is 10.1. The fourth-order valence-corrected chi connectivity index (χ4v) is 2.16. The molecule has 0 aliphatic heterocycles. The number of carbonyl (C=O) groups excluding carboxylic acids is 1. The van der Waals surface area contributed by atoms with Gasteiger partial charge in [-0.3, -0.25) is 4.79 Å². The van der Waals surface area contributed by atoms with Gasteiger partial charge in [0, 0.05) is 30.2 Å². The van der Waals surface area contributed by atoms with Crippen molar-refractivity contribution < 1.29 is 4.79 Å². The number of hydrogen-bond donors (Lipinski definition) is 2. The van der Waals surface area contributed by atoms with Gasteiger partial charge in [-0.1, -0.05) is 41.4 Å². The van der Waals surface area contributed by atoms with Crippen LogP contribution in [0.1, 0.15) is 21.5 Å². The van der Waals surface area contributed by atoms with Crippen LogP contribution in [0.25, 0.3) is 0 Å². The Bertz CT molecular complexity index is 596. The first-order valence-corrected chi connectivity index (χ1v) is 7.33. The van der Waals surface area contributed by atoms with Crippen molar-refractivity contribution in [3.05, 3.63) is 70.2 Å². The van der Waals surface area contributed by atoms with Gasteiger partial charge in [-0.25, -0.2) is 0 Å². The standard InChI is InChI=1S/C17H19ClN2O/c1-13-5-7-15(8-6-13)17(21)20-10-9-19-12-14-3-2-4-16(18)11-14/h2-8,11,19H,9-10,12H2,1H3,(H,20,21). The molecule has 2 aromatic carbocycles. The summed E-state index contributed by atoms with van der Waals surface area (Å²) >= 11 is 5.92. The van der Waals surface area contributed by atoms with Crippen LogP contribution in [0.4, 0.5) is 0 Å². The molecular weight excluding hydrogens is 284 g/mol. The van der Waals surface area contributed by atoms with E-state index in [0.29, 0.717) is 18.7 Å². The van der Waals surface area contributed by atoms with E-state index in [0.717, 1.165) is 22.7 Å². The molecule has 110 valence electrons. The monoisotopic (exact) mass is 302 g/mol. The maximum absolute atomic E-state index is 11.9. The molecule has 0 bridgehead atoms. The Kier molecular flexibility index (Phi) is 5.78. The third-order valence-corrected chi connectivity index (χ3v) is 3.35. The molecule has 21 heavy (non-hydrogen) atoms. The van der Waals surface area contributed by atoms with Crippen molar-refractivity contribution in [2.45, 2.75) is 13.5 Å². The van der Waals surface area contributed by atoms with Crippen molar-refractivity contribution in [1.29, 1.82) is 0 Å². The first kappa shape index (κ1) is 15.5. The number of nitrogens with one attached hydrogen (secondary N) is 2. The number of aryl methyl sites for hydroxylation is 1. The number of benzene rings is 2. The SMILES string of the molecule is Cc1ccc(C(=O)NCCNCc2cccc(Cl)c2)cc1. The van der Waals surface area contributed by atoms with E-state index in [-0.39, 0.29) is 5.91 Å². The molecule has 2 rings (SSSR count). The zero-order chi connectivity index (χ0) is 15.1. The quantitative estimate of drug-likeness (QED) is 0.805. The van der Waals surface area contributed by atoms with Gasteiger partial charge in [-0.2, -0.15) is 0 Å². The first-order chi connectivity index (χ1) is 10.1. The van der Waals surface area contributed by atoms with Crippen LogP contribution in [0.5, 0.6) is 0 Å². The average Bonchev–Trinajstić information content (AvgIpc) is 2.47. The third kappa shape index (κ3) is 5.21. The molecule has 0 fully saturated rings. The van der Waals surface area contributed by atoms with E-state index in [9.17, 15) is 4.79 Å². The second-order valence-corrected chi connectivity index (χ2v) is 5.37. The van der Waals surface area contributed by atoms with E-state index in [2.05, 4.69) is 10.6 Å². The van der Waals surface area contributed by atoms with Crippen molar-refractivity contribution in [3.8, 4) is 0 Å². The second-order valence-electron chi connectivity index (χ2n) is 4.93. The van der Waals surface area contributed by atoms with Gasteiger partial charge in [-0.15, -0.1) is 0 Å². The van der Waals surface area contributed by atoms with Gasteiger partial charge < -0.3 is 10.6 Å². The summed E-state index contributed by atoms with van der Waals surface area (Å²) in [6.07, 6.45) is 0. The van der Waals surface area contributed by atoms with E-state index in [1.165, 1.54) is 0 Å². The van der Waals surface area contributed by atoms with Gasteiger partial charge in [0.25, 0.3) is 5.91 Å². The normalized spacial score (nSPS) is 10.4. The molecule has 0 radical (unpaired) electrons. The zero-order valence-electron chi connectivity index (χ0n) is 12.0. The van der Waals surface area contributed by atoms with Gasteiger partial charge in [0.1, 0.15) is 0 Å². The molecule has 2 N–H and O–H groups in total. The summed E-state index contributed by atoms with van der Waals surface area (Å²) in [4.78, 5) is 11.9. The van der Waals surface area contributed by atoms with Crippen molar-refractivity contribution in [1.82, 2.24) is 10.6 Å². The minimum atomic E-state index is -0.0421. The Balaban J connectivity index is 1.68. The number of amides is 1. The maximum Gasteiger partial charge on any atom is 0.251 e. The highest BCUT2D eigenvalue weighted by molar-refractivity contribution is 6.30. The van der Waals surface area contributed by atoms with Gasteiger partial charge in [-0.05, 0) is 36.8 Å². The van der Waals surface area contributed by atoms with Crippen LogP contribution >= 0.6 is 11.6 Å². The molecule has 0 aromatic heterocycles. The first-order valence-electron chi connectivity index (χ1n) is 6.95. The smallest absolute Gasteiger partial charge is 0.251 e. The maximum atomic E-state index is 11.9. The molecule has 2 aromatic rings. The Morgan fingerprint density at radius 3 is 2.57 bits per heavy atom. The fourth-order valence-electron chi connectivity index (χ4n) is 1.95. The van der Waals surface area contributed by atoms with Crippen LogP contribution in [0.3, 0.4) is 0 Å². The van der Waals surface area contributed by atoms with Crippen molar-refractivity contribution >= 4 is 17.5 Å². The van der Waals surface area contributed by atoms with Crippen LogP contribution in [0.15, 0.2) is 48.5 Å². The average molecular weight is 303 g/mol. The fraction of sp³-hybridized carbons (Fsp3) is 0.235. The molecule has 0 heterocycles. The Morgan fingerprint density at radius 1 is 1.10 bits per heavy atom. The highest BCUT2D eigenvalue weighted by Gasteiger charge is 2.03. The molecule has 0 atom stereocenters. The minimum absolute atomic E-state index is 0.0421. The lowest BCUT2D eigenvalue weighted by Gasteiger charge is -2.07. The number of hydrogen-bond acceptors (Lipinski definition) is 2. The molecule has 0 saturated carbocycles. The van der Waals surface area contributed by atoms with E-state index >= 15 is 0 Å². The van der Waals surface area contributed by atoms with Gasteiger partial charge >= 0.3 is 0 Å². The number of carbonyl (C=O) groups is 1. The summed E-state index contributed by atoms with van der Waals surface area (Å²) in [5, 5.41) is 6.90. The van der Waals surface area contributed by atoms with E-state index in [1.807, 2.05) is 55.5 Å². The highest BCUT2D eigenvalue weighted by atomic mass is 35.5. The largest absolute Gasteiger partial charge is 0.351 e. The predicted molar refractivity (Wildman–Crippen MR) is 86.7 cm³/mol. The van der Waals surface area contributed by atoms with Gasteiger partial charge in [0.05, 0.1) is 0 Å². The predicted octanol–water partition coefficient (Wildman–Crippen LogP) is 3.17. The third-order valence-electron chi connectivity index (χ3n) is 3.12. The zero-order valence-corrected chi connectivity index (χ0v) is 12.8. The second kappa shape index (κ2) is 7.81. The minimum Gasteiger partial charge on any atom is -0.351 e. The lowest BCUT2D eigenvalue weighted by molar-refractivity contribution is 0.0954. The molecule has 0 unspecified atom stereocenters. The van der Waals surface area contributed by atoms with Crippen LogP contribution in [-0.2, 0) is 6.54 Å². The van der Waals surface area contributed by atoms with E-state index < -0.39 is 0 Å². The summed E-state index contributed by atoms with van der Waals surface area (Å²) in [5.74, 6) is -0.0421. The summed E-state index contributed by atoms with van der Waals surface area (Å²) in [7, 11) is 0. The molecule has 0 saturated heterocycles. The summed E-state index contributed by atoms with van der Waals surface area (Å²) in [6.45, 7) is 4.04. The van der Waals surface area contributed by atoms with Gasteiger partial charge in [0.2, 0.25) is 0 Å². The molecule has 0 aliphatic carbocycles. The summed E-state index contributed by atoms with van der Waals surface area (Å²) < 4.78 is 0.